The Morgan fingerprint density at radius 3 is 2.62 bits per heavy atom. The van der Waals surface area contributed by atoms with Gasteiger partial charge in [0, 0.05) is 35.3 Å². The maximum Gasteiger partial charge on any atom is 0.195 e. The van der Waals surface area contributed by atoms with Crippen molar-refractivity contribution in [2.45, 2.75) is 16.4 Å². The third-order valence-corrected chi connectivity index (χ3v) is 5.20. The van der Waals surface area contributed by atoms with Gasteiger partial charge in [0.1, 0.15) is 5.03 Å². The zero-order valence-corrected chi connectivity index (χ0v) is 14.3. The summed E-state index contributed by atoms with van der Waals surface area (Å²) in [7, 11) is 0. The Morgan fingerprint density at radius 2 is 1.81 bits per heavy atom. The van der Waals surface area contributed by atoms with E-state index in [9.17, 15) is 5.11 Å². The molecule has 0 saturated heterocycles. The molecule has 0 amide bonds. The molecule has 0 fully saturated rings. The second kappa shape index (κ2) is 6.05. The van der Waals surface area contributed by atoms with E-state index in [-0.39, 0.29) is 0 Å². The van der Waals surface area contributed by atoms with Crippen molar-refractivity contribution in [1.82, 2.24) is 24.7 Å². The Labute approximate surface area is 153 Å². The fourth-order valence-corrected chi connectivity index (χ4v) is 3.83. The van der Waals surface area contributed by atoms with Crippen molar-refractivity contribution < 1.29 is 5.11 Å². The number of benzene rings is 1. The Morgan fingerprint density at radius 1 is 0.962 bits per heavy atom. The van der Waals surface area contributed by atoms with Crippen molar-refractivity contribution in [3.63, 3.8) is 0 Å². The van der Waals surface area contributed by atoms with Crippen molar-refractivity contribution in [2.24, 2.45) is 0 Å². The standard InChI is InChI=1S/C19H13N5OS/c25-18-15-9-14(12-5-2-1-3-6-12)11-21-17(15)26-19-22-16(23-24(18)19)13-7-4-8-20-10-13/h1-11,18,25H/t18-/m1/s1. The largest absolute Gasteiger partial charge is 0.368 e. The lowest BCUT2D eigenvalue weighted by Gasteiger charge is -2.21. The summed E-state index contributed by atoms with van der Waals surface area (Å²) < 4.78 is 1.53. The molecule has 7 heteroatoms. The van der Waals surface area contributed by atoms with Crippen LogP contribution < -0.4 is 0 Å². The highest BCUT2D eigenvalue weighted by atomic mass is 32.2. The third-order valence-electron chi connectivity index (χ3n) is 4.20. The molecule has 1 aliphatic rings. The van der Waals surface area contributed by atoms with Gasteiger partial charge in [0.05, 0.1) is 0 Å². The van der Waals surface area contributed by atoms with E-state index in [1.165, 1.54) is 16.4 Å². The van der Waals surface area contributed by atoms with Crippen molar-refractivity contribution in [3.05, 3.63) is 72.7 Å². The molecule has 3 aromatic heterocycles. The van der Waals surface area contributed by atoms with Gasteiger partial charge in [0.25, 0.3) is 0 Å². The minimum atomic E-state index is -0.921. The van der Waals surface area contributed by atoms with Gasteiger partial charge in [-0.15, -0.1) is 5.10 Å². The van der Waals surface area contributed by atoms with E-state index in [2.05, 4.69) is 20.1 Å². The van der Waals surface area contributed by atoms with Crippen molar-refractivity contribution in [2.75, 3.05) is 0 Å². The zero-order chi connectivity index (χ0) is 17.5. The SMILES string of the molecule is O[C@@H]1c2cc(-c3ccccc3)cnc2Sc2nc(-c3cccnc3)nn21. The minimum Gasteiger partial charge on any atom is -0.368 e. The molecule has 5 rings (SSSR count). The van der Waals surface area contributed by atoms with Crippen LogP contribution in [-0.2, 0) is 0 Å². The van der Waals surface area contributed by atoms with Crippen LogP contribution in [0.5, 0.6) is 0 Å². The lowest BCUT2D eigenvalue weighted by molar-refractivity contribution is 0.115. The van der Waals surface area contributed by atoms with Gasteiger partial charge in [-0.2, -0.15) is 0 Å². The lowest BCUT2D eigenvalue weighted by atomic mass is 10.1. The number of fused-ring (bicyclic) bond motifs is 2. The topological polar surface area (TPSA) is 76.7 Å². The number of hydrogen-bond donors (Lipinski definition) is 1. The first kappa shape index (κ1) is 15.2. The molecule has 0 bridgehead atoms. The smallest absolute Gasteiger partial charge is 0.195 e. The number of hydrogen-bond acceptors (Lipinski definition) is 6. The molecule has 0 saturated carbocycles. The number of aliphatic hydroxyl groups excluding tert-OH is 1. The molecule has 6 nitrogen and oxygen atoms in total. The van der Waals surface area contributed by atoms with Crippen LogP contribution >= 0.6 is 11.8 Å². The molecule has 4 aromatic rings. The van der Waals surface area contributed by atoms with E-state index < -0.39 is 6.23 Å². The molecule has 4 heterocycles. The van der Waals surface area contributed by atoms with Crippen LogP contribution in [0, 0.1) is 0 Å². The highest BCUT2D eigenvalue weighted by molar-refractivity contribution is 7.99. The van der Waals surface area contributed by atoms with Crippen LogP contribution in [0.1, 0.15) is 11.8 Å². The van der Waals surface area contributed by atoms with Crippen LogP contribution in [0.2, 0.25) is 0 Å². The lowest BCUT2D eigenvalue weighted by Crippen LogP contribution is -2.18. The van der Waals surface area contributed by atoms with E-state index in [1.54, 1.807) is 12.4 Å². The molecule has 0 spiro atoms. The second-order valence-electron chi connectivity index (χ2n) is 5.86. The van der Waals surface area contributed by atoms with Crippen molar-refractivity contribution in [1.29, 1.82) is 0 Å². The summed E-state index contributed by atoms with van der Waals surface area (Å²) in [6, 6.07) is 15.7. The summed E-state index contributed by atoms with van der Waals surface area (Å²) >= 11 is 1.40. The van der Waals surface area contributed by atoms with Gasteiger partial charge in [-0.3, -0.25) is 4.98 Å². The maximum atomic E-state index is 10.8. The second-order valence-corrected chi connectivity index (χ2v) is 6.82. The van der Waals surface area contributed by atoms with Gasteiger partial charge >= 0.3 is 0 Å². The molecule has 1 aromatic carbocycles. The summed E-state index contributed by atoms with van der Waals surface area (Å²) in [4.78, 5) is 13.2. The Balaban J connectivity index is 1.56. The van der Waals surface area contributed by atoms with Gasteiger partial charge in [-0.05, 0) is 35.5 Å². The van der Waals surface area contributed by atoms with Gasteiger partial charge in [0.15, 0.2) is 17.2 Å². The van der Waals surface area contributed by atoms with Gasteiger partial charge in [-0.1, -0.05) is 30.3 Å². The Kier molecular flexibility index (Phi) is 3.55. The number of aliphatic hydroxyl groups is 1. The van der Waals surface area contributed by atoms with Crippen LogP contribution in [0.4, 0.5) is 0 Å². The van der Waals surface area contributed by atoms with E-state index in [0.29, 0.717) is 11.0 Å². The average molecular weight is 359 g/mol. The summed E-state index contributed by atoms with van der Waals surface area (Å²) in [5.74, 6) is 0.538. The number of pyridine rings is 2. The number of rotatable bonds is 2. The molecule has 1 aliphatic heterocycles. The maximum absolute atomic E-state index is 10.8. The predicted molar refractivity (Wildman–Crippen MR) is 97.4 cm³/mol. The monoisotopic (exact) mass is 359 g/mol. The van der Waals surface area contributed by atoms with Crippen molar-refractivity contribution >= 4 is 11.8 Å². The van der Waals surface area contributed by atoms with E-state index in [4.69, 9.17) is 0 Å². The highest BCUT2D eigenvalue weighted by Gasteiger charge is 2.29. The summed E-state index contributed by atoms with van der Waals surface area (Å²) in [6.07, 6.45) is 4.31. The molecule has 0 unspecified atom stereocenters. The molecule has 0 radical (unpaired) electrons. The fourth-order valence-electron chi connectivity index (χ4n) is 2.90. The van der Waals surface area contributed by atoms with Crippen molar-refractivity contribution in [3.8, 4) is 22.5 Å². The van der Waals surface area contributed by atoms with Crippen LogP contribution in [0.25, 0.3) is 22.5 Å². The fraction of sp³-hybridized carbons (Fsp3) is 0.0526. The van der Waals surface area contributed by atoms with Gasteiger partial charge < -0.3 is 5.11 Å². The average Bonchev–Trinajstić information content (AvgIpc) is 3.14. The summed E-state index contributed by atoms with van der Waals surface area (Å²) in [5.41, 5.74) is 3.55. The first-order valence-electron chi connectivity index (χ1n) is 8.08. The van der Waals surface area contributed by atoms with E-state index in [0.717, 1.165) is 27.3 Å². The minimum absolute atomic E-state index is 0.538. The number of nitrogens with zero attached hydrogens (tertiary/aromatic N) is 5. The Hall–Kier alpha value is -3.03. The summed E-state index contributed by atoms with van der Waals surface area (Å²) in [5, 5.41) is 16.7. The molecule has 1 atom stereocenters. The highest BCUT2D eigenvalue weighted by Crippen LogP contribution is 2.40. The van der Waals surface area contributed by atoms with Gasteiger partial charge in [0.2, 0.25) is 0 Å². The van der Waals surface area contributed by atoms with Crippen LogP contribution in [-0.4, -0.2) is 29.8 Å². The number of aromatic nitrogens is 5. The van der Waals surface area contributed by atoms with E-state index in [1.807, 2.05) is 54.7 Å². The predicted octanol–water partition coefficient (Wildman–Crippen LogP) is 3.41. The summed E-state index contributed by atoms with van der Waals surface area (Å²) in [6.45, 7) is 0. The first-order valence-corrected chi connectivity index (χ1v) is 8.89. The van der Waals surface area contributed by atoms with E-state index >= 15 is 0 Å². The molecule has 126 valence electrons. The quantitative estimate of drug-likeness (QED) is 0.591. The zero-order valence-electron chi connectivity index (χ0n) is 13.5. The van der Waals surface area contributed by atoms with Crippen LogP contribution in [0.3, 0.4) is 0 Å². The molecular formula is C19H13N5OS. The third kappa shape index (κ3) is 2.49. The normalized spacial score (nSPS) is 15.3. The van der Waals surface area contributed by atoms with Crippen LogP contribution in [0.15, 0.2) is 77.3 Å². The molecule has 1 N–H and O–H groups in total. The molecule has 26 heavy (non-hydrogen) atoms. The Bertz CT molecular complexity index is 1080. The first-order chi connectivity index (χ1) is 12.8. The molecule has 0 aliphatic carbocycles. The van der Waals surface area contributed by atoms with Gasteiger partial charge in [-0.25, -0.2) is 14.6 Å². The molecular weight excluding hydrogens is 346 g/mol.